The molecule has 2 aromatic carbocycles. The lowest BCUT2D eigenvalue weighted by atomic mass is 10.1. The van der Waals surface area contributed by atoms with E-state index in [9.17, 15) is 14.9 Å². The average molecular weight is 396 g/mol. The second-order valence-corrected chi connectivity index (χ2v) is 7.12. The van der Waals surface area contributed by atoms with Gasteiger partial charge >= 0.3 is 0 Å². The third-order valence-electron chi connectivity index (χ3n) is 5.20. The Morgan fingerprint density at radius 3 is 2.55 bits per heavy atom. The van der Waals surface area contributed by atoms with Crippen molar-refractivity contribution in [1.82, 2.24) is 4.90 Å². The molecule has 29 heavy (non-hydrogen) atoms. The van der Waals surface area contributed by atoms with Crippen LogP contribution >= 0.6 is 0 Å². The zero-order valence-electron chi connectivity index (χ0n) is 15.9. The Bertz CT molecular complexity index is 934. The van der Waals surface area contributed by atoms with Gasteiger partial charge in [-0.2, -0.15) is 0 Å². The second-order valence-electron chi connectivity index (χ2n) is 7.12. The maximum Gasteiger partial charge on any atom is 0.269 e. The fraction of sp³-hybridized carbons (Fsp3) is 0.286. The van der Waals surface area contributed by atoms with Crippen LogP contribution in [0.2, 0.25) is 0 Å². The molecule has 1 fully saturated rings. The summed E-state index contributed by atoms with van der Waals surface area (Å²) < 4.78 is 10.8. The largest absolute Gasteiger partial charge is 0.454 e. The van der Waals surface area contributed by atoms with Crippen LogP contribution in [0.4, 0.5) is 5.69 Å². The van der Waals surface area contributed by atoms with E-state index in [1.807, 2.05) is 17.0 Å². The van der Waals surface area contributed by atoms with Gasteiger partial charge in [0.1, 0.15) is 6.54 Å². The first-order valence-corrected chi connectivity index (χ1v) is 9.52. The molecule has 0 unspecified atom stereocenters. The van der Waals surface area contributed by atoms with Crippen molar-refractivity contribution in [2.75, 3.05) is 33.0 Å². The van der Waals surface area contributed by atoms with Gasteiger partial charge < -0.3 is 19.3 Å². The van der Waals surface area contributed by atoms with Crippen LogP contribution in [-0.4, -0.2) is 48.7 Å². The first kappa shape index (κ1) is 18.9. The molecule has 0 aromatic heterocycles. The highest BCUT2D eigenvalue weighted by molar-refractivity contribution is 5.91. The molecule has 2 heterocycles. The molecule has 2 aliphatic rings. The molecule has 2 aliphatic heterocycles. The second kappa shape index (κ2) is 8.32. The van der Waals surface area contributed by atoms with Gasteiger partial charge in [0, 0.05) is 23.8 Å². The molecule has 1 saturated heterocycles. The number of fused-ring (bicyclic) bond motifs is 1. The summed E-state index contributed by atoms with van der Waals surface area (Å²) in [6.45, 7) is 4.32. The summed E-state index contributed by atoms with van der Waals surface area (Å²) in [5.74, 6) is 1.55. The Labute approximate surface area is 168 Å². The molecule has 0 spiro atoms. The van der Waals surface area contributed by atoms with Crippen molar-refractivity contribution in [2.24, 2.45) is 0 Å². The van der Waals surface area contributed by atoms with Crippen LogP contribution in [0.15, 0.2) is 48.5 Å². The van der Waals surface area contributed by atoms with E-state index in [0.29, 0.717) is 13.1 Å². The number of nitro groups is 1. The third kappa shape index (κ3) is 4.55. The van der Waals surface area contributed by atoms with Gasteiger partial charge in [-0.1, -0.05) is 0 Å². The maximum atomic E-state index is 12.4. The van der Waals surface area contributed by atoms with Gasteiger partial charge in [0.15, 0.2) is 11.5 Å². The number of quaternary nitrogens is 1. The Kier molecular flexibility index (Phi) is 5.44. The molecular weight excluding hydrogens is 374 g/mol. The minimum Gasteiger partial charge on any atom is -0.454 e. The summed E-state index contributed by atoms with van der Waals surface area (Å²) in [6.07, 6.45) is 3.22. The minimum absolute atomic E-state index is 0.0366. The van der Waals surface area contributed by atoms with E-state index < -0.39 is 4.92 Å². The highest BCUT2D eigenvalue weighted by atomic mass is 16.7. The lowest BCUT2D eigenvalue weighted by Gasteiger charge is -2.31. The summed E-state index contributed by atoms with van der Waals surface area (Å²) in [4.78, 5) is 25.9. The van der Waals surface area contributed by atoms with Crippen molar-refractivity contribution in [3.63, 3.8) is 0 Å². The van der Waals surface area contributed by atoms with Gasteiger partial charge in [-0.15, -0.1) is 0 Å². The molecule has 1 N–H and O–H groups in total. The summed E-state index contributed by atoms with van der Waals surface area (Å²) in [5, 5.41) is 10.7. The standard InChI is InChI=1S/C21H21N3O5/c25-21(8-4-16-1-5-18(6-2-16)24(26)27)23-11-9-22(10-12-23)14-17-3-7-19-20(13-17)29-15-28-19/h1-8,13H,9-12,14-15H2/p+1/b8-4+. The predicted molar refractivity (Wildman–Crippen MR) is 106 cm³/mol. The number of rotatable bonds is 5. The number of nitrogens with zero attached hydrogens (tertiary/aromatic N) is 2. The minimum atomic E-state index is -0.440. The molecule has 0 aliphatic carbocycles. The van der Waals surface area contributed by atoms with Gasteiger partial charge in [0.05, 0.1) is 31.1 Å². The average Bonchev–Trinajstić information content (AvgIpc) is 3.21. The number of carbonyl (C=O) groups is 1. The summed E-state index contributed by atoms with van der Waals surface area (Å²) >= 11 is 0. The number of nitro benzene ring substituents is 1. The Morgan fingerprint density at radius 2 is 1.83 bits per heavy atom. The fourth-order valence-electron chi connectivity index (χ4n) is 3.54. The smallest absolute Gasteiger partial charge is 0.269 e. The topological polar surface area (TPSA) is 86.4 Å². The van der Waals surface area contributed by atoms with Gasteiger partial charge in [0.2, 0.25) is 12.7 Å². The first-order valence-electron chi connectivity index (χ1n) is 9.52. The number of hydrogen-bond acceptors (Lipinski definition) is 5. The quantitative estimate of drug-likeness (QED) is 0.467. The Hall–Kier alpha value is -3.39. The molecule has 1 amide bonds. The van der Waals surface area contributed by atoms with Crippen molar-refractivity contribution < 1.29 is 24.1 Å². The Balaban J connectivity index is 1.27. The number of hydrogen-bond donors (Lipinski definition) is 1. The molecule has 0 atom stereocenters. The molecule has 0 saturated carbocycles. The van der Waals surface area contributed by atoms with Crippen LogP contribution in [0.5, 0.6) is 11.5 Å². The van der Waals surface area contributed by atoms with Crippen molar-refractivity contribution in [3.05, 3.63) is 69.8 Å². The van der Waals surface area contributed by atoms with E-state index in [1.165, 1.54) is 28.7 Å². The number of piperazine rings is 1. The SMILES string of the molecule is O=C(/C=C/c1ccc([N+](=O)[O-])cc1)N1CC[NH+](Cc2ccc3c(c2)OCO3)CC1. The van der Waals surface area contributed by atoms with E-state index >= 15 is 0 Å². The molecule has 0 bridgehead atoms. The number of non-ortho nitro benzene ring substituents is 1. The molecule has 4 rings (SSSR count). The molecule has 0 radical (unpaired) electrons. The van der Waals surface area contributed by atoms with Crippen molar-refractivity contribution in [3.8, 4) is 11.5 Å². The van der Waals surface area contributed by atoms with Gasteiger partial charge in [-0.25, -0.2) is 0 Å². The number of ether oxygens (including phenoxy) is 2. The van der Waals surface area contributed by atoms with E-state index in [2.05, 4.69) is 6.07 Å². The zero-order chi connectivity index (χ0) is 20.2. The van der Waals surface area contributed by atoms with Gasteiger partial charge in [-0.05, 0) is 42.0 Å². The summed E-state index contributed by atoms with van der Waals surface area (Å²) in [7, 11) is 0. The fourth-order valence-corrected chi connectivity index (χ4v) is 3.54. The number of amides is 1. The van der Waals surface area contributed by atoms with Gasteiger partial charge in [-0.3, -0.25) is 14.9 Å². The molecule has 8 heteroatoms. The van der Waals surface area contributed by atoms with Crippen LogP contribution in [-0.2, 0) is 11.3 Å². The highest BCUT2D eigenvalue weighted by Gasteiger charge is 2.23. The van der Waals surface area contributed by atoms with E-state index in [4.69, 9.17) is 9.47 Å². The lowest BCUT2D eigenvalue weighted by molar-refractivity contribution is -0.917. The highest BCUT2D eigenvalue weighted by Crippen LogP contribution is 2.32. The van der Waals surface area contributed by atoms with Gasteiger partial charge in [0.25, 0.3) is 5.69 Å². The molecular formula is C21H22N3O5+. The third-order valence-corrected chi connectivity index (χ3v) is 5.20. The monoisotopic (exact) mass is 396 g/mol. The van der Waals surface area contributed by atoms with E-state index in [0.717, 1.165) is 36.7 Å². The number of carbonyl (C=O) groups excluding carboxylic acids is 1. The molecule has 8 nitrogen and oxygen atoms in total. The van der Waals surface area contributed by atoms with Crippen LogP contribution in [0.3, 0.4) is 0 Å². The van der Waals surface area contributed by atoms with Crippen LogP contribution < -0.4 is 14.4 Å². The molecule has 2 aromatic rings. The van der Waals surface area contributed by atoms with E-state index in [1.54, 1.807) is 18.2 Å². The van der Waals surface area contributed by atoms with Crippen LogP contribution in [0, 0.1) is 10.1 Å². The van der Waals surface area contributed by atoms with Crippen molar-refractivity contribution >= 4 is 17.7 Å². The zero-order valence-corrected chi connectivity index (χ0v) is 15.9. The van der Waals surface area contributed by atoms with Crippen molar-refractivity contribution in [1.29, 1.82) is 0 Å². The van der Waals surface area contributed by atoms with E-state index in [-0.39, 0.29) is 18.4 Å². The summed E-state index contributed by atoms with van der Waals surface area (Å²) in [6, 6.07) is 12.2. The predicted octanol–water partition coefficient (Wildman–Crippen LogP) is 1.26. The van der Waals surface area contributed by atoms with Crippen LogP contribution in [0.25, 0.3) is 6.08 Å². The number of nitrogens with one attached hydrogen (secondary N) is 1. The summed E-state index contributed by atoms with van der Waals surface area (Å²) in [5.41, 5.74) is 1.99. The normalized spacial score (nSPS) is 16.3. The first-order chi connectivity index (χ1) is 14.1. The van der Waals surface area contributed by atoms with Crippen molar-refractivity contribution in [2.45, 2.75) is 6.54 Å². The maximum absolute atomic E-state index is 12.4. The van der Waals surface area contributed by atoms with Crippen LogP contribution in [0.1, 0.15) is 11.1 Å². The molecule has 150 valence electrons. The Morgan fingerprint density at radius 1 is 1.10 bits per heavy atom. The number of benzene rings is 2. The lowest BCUT2D eigenvalue weighted by Crippen LogP contribution is -3.13.